The second kappa shape index (κ2) is 9.15. The van der Waals surface area contributed by atoms with E-state index in [1.807, 2.05) is 18.3 Å². The van der Waals surface area contributed by atoms with Crippen molar-refractivity contribution < 1.29 is 9.21 Å². The molecule has 35 heavy (non-hydrogen) atoms. The van der Waals surface area contributed by atoms with Gasteiger partial charge in [-0.3, -0.25) is 4.79 Å². The van der Waals surface area contributed by atoms with Gasteiger partial charge in [-0.2, -0.15) is 0 Å². The molecule has 0 radical (unpaired) electrons. The molecule has 5 rings (SSSR count). The van der Waals surface area contributed by atoms with Crippen LogP contribution in [0.5, 0.6) is 0 Å². The van der Waals surface area contributed by atoms with Gasteiger partial charge in [0.1, 0.15) is 10.8 Å². The zero-order valence-electron chi connectivity index (χ0n) is 21.1. The number of hydrogen-bond donors (Lipinski definition) is 1. The van der Waals surface area contributed by atoms with E-state index in [9.17, 15) is 4.79 Å². The zero-order valence-corrected chi connectivity index (χ0v) is 22.0. The molecule has 1 amide bonds. The van der Waals surface area contributed by atoms with Gasteiger partial charge in [0.2, 0.25) is 0 Å². The molecular formula is C29H33N3O2S. The van der Waals surface area contributed by atoms with Crippen LogP contribution in [0.25, 0.3) is 10.9 Å². The van der Waals surface area contributed by atoms with E-state index in [0.717, 1.165) is 46.8 Å². The Morgan fingerprint density at radius 3 is 2.80 bits per heavy atom. The number of furan rings is 1. The van der Waals surface area contributed by atoms with Crippen molar-refractivity contribution in [3.63, 3.8) is 0 Å². The van der Waals surface area contributed by atoms with Crippen molar-refractivity contribution in [2.24, 2.45) is 23.4 Å². The maximum absolute atomic E-state index is 13.4. The van der Waals surface area contributed by atoms with Crippen molar-refractivity contribution in [3.05, 3.63) is 75.7 Å². The van der Waals surface area contributed by atoms with E-state index in [-0.39, 0.29) is 11.3 Å². The van der Waals surface area contributed by atoms with Crippen LogP contribution in [-0.4, -0.2) is 16.7 Å². The highest BCUT2D eigenvalue weighted by Crippen LogP contribution is 2.45. The molecule has 1 aliphatic rings. The van der Waals surface area contributed by atoms with E-state index < -0.39 is 0 Å². The molecule has 1 aromatic carbocycles. The molecular weight excluding hydrogens is 454 g/mol. The summed E-state index contributed by atoms with van der Waals surface area (Å²) in [5.41, 5.74) is 5.60. The number of carbonyl (C=O) groups is 1. The summed E-state index contributed by atoms with van der Waals surface area (Å²) < 4.78 is 7.61. The molecule has 0 saturated carbocycles. The van der Waals surface area contributed by atoms with Gasteiger partial charge in [-0.1, -0.05) is 39.0 Å². The Balaban J connectivity index is 1.53. The zero-order chi connectivity index (χ0) is 24.7. The van der Waals surface area contributed by atoms with Crippen LogP contribution >= 0.6 is 11.3 Å². The molecule has 1 atom stereocenters. The van der Waals surface area contributed by atoms with E-state index in [1.165, 1.54) is 21.3 Å². The number of aliphatic imine (C=N–C) groups is 1. The lowest BCUT2D eigenvalue weighted by Gasteiger charge is -2.33. The van der Waals surface area contributed by atoms with Crippen LogP contribution in [0.15, 0.2) is 52.1 Å². The number of hydrogen-bond acceptors (Lipinski definition) is 4. The summed E-state index contributed by atoms with van der Waals surface area (Å²) >= 11 is 1.68. The normalized spacial score (nSPS) is 16.2. The summed E-state index contributed by atoms with van der Waals surface area (Å²) in [6, 6.07) is 12.1. The molecule has 6 heteroatoms. The summed E-state index contributed by atoms with van der Waals surface area (Å²) in [5.74, 6) is 1.27. The van der Waals surface area contributed by atoms with Gasteiger partial charge in [0, 0.05) is 40.3 Å². The number of benzene rings is 1. The molecule has 3 heterocycles. The molecule has 0 fully saturated rings. The highest BCUT2D eigenvalue weighted by atomic mass is 32.1. The number of nitrogens with zero attached hydrogens (tertiary/aromatic N) is 2. The Bertz CT molecular complexity index is 1400. The number of aromatic nitrogens is 1. The maximum atomic E-state index is 13.4. The number of nitrogens with one attached hydrogen (secondary N) is 1. The molecule has 5 nitrogen and oxygen atoms in total. The molecule has 182 valence electrons. The van der Waals surface area contributed by atoms with Crippen LogP contribution in [0.4, 0.5) is 5.00 Å². The van der Waals surface area contributed by atoms with E-state index >= 15 is 0 Å². The molecule has 3 aromatic heterocycles. The highest BCUT2D eigenvalue weighted by Gasteiger charge is 2.33. The van der Waals surface area contributed by atoms with Gasteiger partial charge in [0.15, 0.2) is 0 Å². The van der Waals surface area contributed by atoms with Crippen LogP contribution in [0.2, 0.25) is 0 Å². The molecule has 4 aromatic rings. The quantitative estimate of drug-likeness (QED) is 0.309. The highest BCUT2D eigenvalue weighted by molar-refractivity contribution is 7.16. The smallest absolute Gasteiger partial charge is 0.255 e. The Hall–Kier alpha value is -3.12. The summed E-state index contributed by atoms with van der Waals surface area (Å²) in [6.45, 7) is 9.43. The van der Waals surface area contributed by atoms with Crippen molar-refractivity contribution >= 4 is 39.4 Å². The van der Waals surface area contributed by atoms with Crippen LogP contribution < -0.4 is 5.32 Å². The minimum Gasteiger partial charge on any atom is -0.467 e. The standard InChI is InChI=1S/C29H33N3O2S/c1-18-23(21-10-6-7-11-24(21)32(18)5)17-31-28-26(27(33)30-16-20-9-8-14-34-20)22-13-12-19(29(2,3)4)15-25(22)35-28/h6-11,14,17,19H,12-13,15-16H2,1-5H3,(H,30,33)/t19-/m1/s1. The van der Waals surface area contributed by atoms with Crippen LogP contribution in [0.1, 0.15) is 65.0 Å². The lowest BCUT2D eigenvalue weighted by Crippen LogP contribution is -2.28. The Labute approximate surface area is 210 Å². The van der Waals surface area contributed by atoms with Gasteiger partial charge in [0.05, 0.1) is 18.4 Å². The number of thiophene rings is 1. The second-order valence-corrected chi connectivity index (χ2v) is 11.7. The van der Waals surface area contributed by atoms with Crippen molar-refractivity contribution in [1.82, 2.24) is 9.88 Å². The number of rotatable bonds is 5. The number of para-hydroxylation sites is 1. The van der Waals surface area contributed by atoms with Gasteiger partial charge < -0.3 is 14.3 Å². The molecule has 0 spiro atoms. The fraction of sp³-hybridized carbons (Fsp3) is 0.379. The van der Waals surface area contributed by atoms with E-state index in [2.05, 4.69) is 68.9 Å². The van der Waals surface area contributed by atoms with Gasteiger partial charge in [-0.25, -0.2) is 4.99 Å². The van der Waals surface area contributed by atoms with Gasteiger partial charge in [-0.15, -0.1) is 11.3 Å². The summed E-state index contributed by atoms with van der Waals surface area (Å²) in [7, 11) is 2.08. The average Bonchev–Trinajstić information content (AvgIpc) is 3.53. The molecule has 0 aliphatic heterocycles. The van der Waals surface area contributed by atoms with Gasteiger partial charge in [-0.05, 0) is 61.3 Å². The largest absolute Gasteiger partial charge is 0.467 e. The fourth-order valence-electron chi connectivity index (χ4n) is 5.14. The second-order valence-electron chi connectivity index (χ2n) is 10.6. The number of fused-ring (bicyclic) bond motifs is 2. The Kier molecular flexibility index (Phi) is 6.18. The molecule has 0 bridgehead atoms. The summed E-state index contributed by atoms with van der Waals surface area (Å²) in [4.78, 5) is 19.7. The van der Waals surface area contributed by atoms with Crippen LogP contribution in [-0.2, 0) is 26.4 Å². The summed E-state index contributed by atoms with van der Waals surface area (Å²) in [5, 5.41) is 5.03. The Morgan fingerprint density at radius 2 is 2.06 bits per heavy atom. The number of aryl methyl sites for hydroxylation is 1. The number of amides is 1. The first-order valence-corrected chi connectivity index (χ1v) is 13.1. The van der Waals surface area contributed by atoms with E-state index in [1.54, 1.807) is 17.6 Å². The van der Waals surface area contributed by atoms with Crippen LogP contribution in [0, 0.1) is 18.3 Å². The topological polar surface area (TPSA) is 59.5 Å². The van der Waals surface area contributed by atoms with Crippen molar-refractivity contribution in [1.29, 1.82) is 0 Å². The monoisotopic (exact) mass is 487 g/mol. The molecule has 0 saturated heterocycles. The van der Waals surface area contributed by atoms with Crippen molar-refractivity contribution in [3.8, 4) is 0 Å². The third-order valence-electron chi connectivity index (χ3n) is 7.46. The van der Waals surface area contributed by atoms with E-state index in [0.29, 0.717) is 12.5 Å². The average molecular weight is 488 g/mol. The Morgan fingerprint density at radius 1 is 1.26 bits per heavy atom. The SMILES string of the molecule is Cc1c(C=Nc2sc3c(c2C(=O)NCc2ccco2)CC[C@@H](C(C)(C)C)C3)c2ccccc2n1C. The first-order chi connectivity index (χ1) is 16.7. The third-order valence-corrected chi connectivity index (χ3v) is 8.62. The summed E-state index contributed by atoms with van der Waals surface area (Å²) in [6.07, 6.45) is 6.59. The minimum atomic E-state index is -0.0742. The van der Waals surface area contributed by atoms with E-state index in [4.69, 9.17) is 9.41 Å². The number of carbonyl (C=O) groups excluding carboxylic acids is 1. The van der Waals surface area contributed by atoms with Crippen LogP contribution in [0.3, 0.4) is 0 Å². The van der Waals surface area contributed by atoms with Crippen molar-refractivity contribution in [2.75, 3.05) is 0 Å². The lowest BCUT2D eigenvalue weighted by molar-refractivity contribution is 0.0947. The van der Waals surface area contributed by atoms with Gasteiger partial charge in [0.25, 0.3) is 5.91 Å². The lowest BCUT2D eigenvalue weighted by atomic mass is 9.72. The predicted octanol–water partition coefficient (Wildman–Crippen LogP) is 6.97. The third kappa shape index (κ3) is 4.47. The molecule has 1 aliphatic carbocycles. The first kappa shape index (κ1) is 23.6. The first-order valence-electron chi connectivity index (χ1n) is 12.3. The minimum absolute atomic E-state index is 0.0742. The molecule has 0 unspecified atom stereocenters. The van der Waals surface area contributed by atoms with Crippen molar-refractivity contribution in [2.45, 2.75) is 53.5 Å². The van der Waals surface area contributed by atoms with Gasteiger partial charge >= 0.3 is 0 Å². The molecule has 1 N–H and O–H groups in total. The maximum Gasteiger partial charge on any atom is 0.255 e. The predicted molar refractivity (Wildman–Crippen MR) is 144 cm³/mol. The fourth-order valence-corrected chi connectivity index (χ4v) is 6.41.